The molecule has 0 unspecified atom stereocenters. The quantitative estimate of drug-likeness (QED) is 0.834. The van der Waals surface area contributed by atoms with Gasteiger partial charge in [-0.05, 0) is 42.2 Å². The van der Waals surface area contributed by atoms with Crippen molar-refractivity contribution in [2.45, 2.75) is 26.9 Å². The molecule has 0 aromatic heterocycles. The molecule has 0 spiro atoms. The Hall–Kier alpha value is -1.09. The van der Waals surface area contributed by atoms with Crippen LogP contribution in [0.15, 0.2) is 30.3 Å². The molecule has 0 saturated carbocycles. The summed E-state index contributed by atoms with van der Waals surface area (Å²) < 4.78 is 13.5. The van der Waals surface area contributed by atoms with Crippen molar-refractivity contribution in [1.29, 1.82) is 0 Å². The monoisotopic (exact) mass is 311 g/mol. The number of rotatable bonds is 4. The van der Waals surface area contributed by atoms with Crippen LogP contribution in [0.2, 0.25) is 10.0 Å². The number of hydrogen-bond acceptors (Lipinski definition) is 1. The molecular formula is C16H16Cl2FN. The van der Waals surface area contributed by atoms with Gasteiger partial charge in [-0.3, -0.25) is 0 Å². The predicted octanol–water partition coefficient (Wildman–Crippen LogP) is 5.04. The molecule has 0 aliphatic heterocycles. The van der Waals surface area contributed by atoms with Crippen LogP contribution < -0.4 is 5.32 Å². The first-order valence-corrected chi connectivity index (χ1v) is 7.14. The summed E-state index contributed by atoms with van der Waals surface area (Å²) in [5, 5.41) is 4.43. The maximum absolute atomic E-state index is 13.5. The molecule has 0 fully saturated rings. The lowest BCUT2D eigenvalue weighted by Crippen LogP contribution is -2.13. The molecule has 106 valence electrons. The molecule has 0 atom stereocenters. The average Bonchev–Trinajstić information content (AvgIpc) is 2.41. The maximum Gasteiger partial charge on any atom is 0.129 e. The number of aryl methyl sites for hydroxylation is 2. The summed E-state index contributed by atoms with van der Waals surface area (Å²) in [6, 6.07) is 9.28. The van der Waals surface area contributed by atoms with E-state index < -0.39 is 0 Å². The van der Waals surface area contributed by atoms with Gasteiger partial charge in [0, 0.05) is 13.1 Å². The molecule has 4 heteroatoms. The molecule has 2 rings (SSSR count). The molecule has 0 amide bonds. The molecule has 1 nitrogen and oxygen atoms in total. The van der Waals surface area contributed by atoms with Crippen LogP contribution in [0.4, 0.5) is 4.39 Å². The summed E-state index contributed by atoms with van der Waals surface area (Å²) in [4.78, 5) is 0. The molecule has 1 N–H and O–H groups in total. The SMILES string of the molecule is Cc1cc(CNCc2cccc(Cl)c2Cl)cc(C)c1F. The van der Waals surface area contributed by atoms with Gasteiger partial charge in [-0.2, -0.15) is 0 Å². The van der Waals surface area contributed by atoms with Gasteiger partial charge in [-0.25, -0.2) is 4.39 Å². The minimum absolute atomic E-state index is 0.133. The second-order valence-corrected chi connectivity index (χ2v) is 5.65. The second-order valence-electron chi connectivity index (χ2n) is 4.86. The minimum Gasteiger partial charge on any atom is -0.309 e. The molecule has 2 aromatic rings. The van der Waals surface area contributed by atoms with E-state index in [1.54, 1.807) is 19.9 Å². The zero-order chi connectivity index (χ0) is 14.7. The Morgan fingerprint density at radius 3 is 2.35 bits per heavy atom. The van der Waals surface area contributed by atoms with E-state index in [1.807, 2.05) is 24.3 Å². The van der Waals surface area contributed by atoms with Gasteiger partial charge in [0.15, 0.2) is 0 Å². The molecule has 0 aliphatic carbocycles. The summed E-state index contributed by atoms with van der Waals surface area (Å²) in [5.74, 6) is -0.133. The van der Waals surface area contributed by atoms with Gasteiger partial charge in [0.1, 0.15) is 5.82 Å². The average molecular weight is 312 g/mol. The number of benzene rings is 2. The van der Waals surface area contributed by atoms with Gasteiger partial charge in [0.2, 0.25) is 0 Å². The largest absolute Gasteiger partial charge is 0.309 e. The van der Waals surface area contributed by atoms with E-state index in [1.165, 1.54) is 0 Å². The third-order valence-corrected chi connectivity index (χ3v) is 4.03. The summed E-state index contributed by atoms with van der Waals surface area (Å²) >= 11 is 12.1. The van der Waals surface area contributed by atoms with Crippen LogP contribution in [0.3, 0.4) is 0 Å². The maximum atomic E-state index is 13.5. The van der Waals surface area contributed by atoms with Crippen molar-refractivity contribution in [3.63, 3.8) is 0 Å². The van der Waals surface area contributed by atoms with E-state index in [9.17, 15) is 4.39 Å². The third kappa shape index (κ3) is 3.51. The molecule has 0 saturated heterocycles. The number of nitrogens with one attached hydrogen (secondary N) is 1. The highest BCUT2D eigenvalue weighted by Crippen LogP contribution is 2.25. The molecule has 0 aliphatic rings. The van der Waals surface area contributed by atoms with Crippen molar-refractivity contribution >= 4 is 23.2 Å². The minimum atomic E-state index is -0.133. The zero-order valence-corrected chi connectivity index (χ0v) is 12.9. The van der Waals surface area contributed by atoms with Crippen molar-refractivity contribution in [3.05, 3.63) is 68.4 Å². The fourth-order valence-electron chi connectivity index (χ4n) is 2.16. The van der Waals surface area contributed by atoms with Gasteiger partial charge in [0.05, 0.1) is 10.0 Å². The van der Waals surface area contributed by atoms with Crippen LogP contribution in [0.25, 0.3) is 0 Å². The fraction of sp³-hybridized carbons (Fsp3) is 0.250. The summed E-state index contributed by atoms with van der Waals surface area (Å²) in [6.45, 7) is 4.83. The Bertz CT molecular complexity index is 603. The standard InChI is InChI=1S/C16H16Cl2FN/c1-10-6-12(7-11(2)16(10)19)8-20-9-13-4-3-5-14(17)15(13)18/h3-7,20H,8-9H2,1-2H3. The Balaban J connectivity index is 2.01. The number of halogens is 3. The number of hydrogen-bond donors (Lipinski definition) is 1. The van der Waals surface area contributed by atoms with Crippen LogP contribution in [0.1, 0.15) is 22.3 Å². The van der Waals surface area contributed by atoms with Crippen LogP contribution in [0, 0.1) is 19.7 Å². The highest BCUT2D eigenvalue weighted by atomic mass is 35.5. The van der Waals surface area contributed by atoms with Crippen molar-refractivity contribution in [2.75, 3.05) is 0 Å². The van der Waals surface area contributed by atoms with E-state index in [0.29, 0.717) is 34.3 Å². The Morgan fingerprint density at radius 2 is 1.70 bits per heavy atom. The zero-order valence-electron chi connectivity index (χ0n) is 11.4. The summed E-state index contributed by atoms with van der Waals surface area (Å²) in [7, 11) is 0. The van der Waals surface area contributed by atoms with Crippen molar-refractivity contribution in [1.82, 2.24) is 5.32 Å². The van der Waals surface area contributed by atoms with Gasteiger partial charge in [0.25, 0.3) is 0 Å². The predicted molar refractivity (Wildman–Crippen MR) is 82.9 cm³/mol. The molecule has 20 heavy (non-hydrogen) atoms. The molecule has 0 bridgehead atoms. The van der Waals surface area contributed by atoms with Crippen LogP contribution in [-0.4, -0.2) is 0 Å². The smallest absolute Gasteiger partial charge is 0.129 e. The van der Waals surface area contributed by atoms with E-state index in [0.717, 1.165) is 11.1 Å². The summed E-state index contributed by atoms with van der Waals surface area (Å²) in [6.07, 6.45) is 0. The van der Waals surface area contributed by atoms with Crippen molar-refractivity contribution in [2.24, 2.45) is 0 Å². The van der Waals surface area contributed by atoms with Gasteiger partial charge in [-0.1, -0.05) is 47.5 Å². The van der Waals surface area contributed by atoms with Crippen LogP contribution in [-0.2, 0) is 13.1 Å². The van der Waals surface area contributed by atoms with Crippen molar-refractivity contribution < 1.29 is 4.39 Å². The van der Waals surface area contributed by atoms with E-state index in [4.69, 9.17) is 23.2 Å². The molecule has 0 heterocycles. The Morgan fingerprint density at radius 1 is 1.05 bits per heavy atom. The van der Waals surface area contributed by atoms with Crippen molar-refractivity contribution in [3.8, 4) is 0 Å². The van der Waals surface area contributed by atoms with Crippen LogP contribution >= 0.6 is 23.2 Å². The normalized spacial score (nSPS) is 10.8. The first-order valence-electron chi connectivity index (χ1n) is 6.38. The molecule has 2 aromatic carbocycles. The van der Waals surface area contributed by atoms with Gasteiger partial charge in [-0.15, -0.1) is 0 Å². The van der Waals surface area contributed by atoms with Crippen LogP contribution in [0.5, 0.6) is 0 Å². The summed E-state index contributed by atoms with van der Waals surface area (Å²) in [5.41, 5.74) is 3.35. The Kier molecular flexibility index (Phi) is 5.03. The molecular weight excluding hydrogens is 296 g/mol. The van der Waals surface area contributed by atoms with Gasteiger partial charge >= 0.3 is 0 Å². The first-order chi connectivity index (χ1) is 9.49. The fourth-order valence-corrected chi connectivity index (χ4v) is 2.55. The van der Waals surface area contributed by atoms with E-state index >= 15 is 0 Å². The van der Waals surface area contributed by atoms with E-state index in [-0.39, 0.29) is 5.82 Å². The highest BCUT2D eigenvalue weighted by molar-refractivity contribution is 6.42. The lowest BCUT2D eigenvalue weighted by molar-refractivity contribution is 0.606. The molecule has 0 radical (unpaired) electrons. The lowest BCUT2D eigenvalue weighted by Gasteiger charge is -2.10. The topological polar surface area (TPSA) is 12.0 Å². The van der Waals surface area contributed by atoms with E-state index in [2.05, 4.69) is 5.32 Å². The first kappa shape index (κ1) is 15.3. The second kappa shape index (κ2) is 6.57. The Labute approximate surface area is 128 Å². The third-order valence-electron chi connectivity index (χ3n) is 3.17. The highest BCUT2D eigenvalue weighted by Gasteiger charge is 2.06. The lowest BCUT2D eigenvalue weighted by atomic mass is 10.1. The van der Waals surface area contributed by atoms with Gasteiger partial charge < -0.3 is 5.32 Å².